The first-order chi connectivity index (χ1) is 8.00. The van der Waals surface area contributed by atoms with Crippen molar-refractivity contribution in [3.05, 3.63) is 16.8 Å². The van der Waals surface area contributed by atoms with Crippen LogP contribution in [0.4, 0.5) is 5.95 Å². The van der Waals surface area contributed by atoms with Gasteiger partial charge >= 0.3 is 5.69 Å². The fraction of sp³-hybridized carbons (Fsp3) is 0.625. The van der Waals surface area contributed by atoms with E-state index in [9.17, 15) is 20.1 Å². The van der Waals surface area contributed by atoms with E-state index in [2.05, 4.69) is 9.97 Å². The minimum Gasteiger partial charge on any atom is -0.388 e. The number of ether oxygens (including phenoxy) is 1. The van der Waals surface area contributed by atoms with Gasteiger partial charge in [-0.3, -0.25) is 4.57 Å². The maximum absolute atomic E-state index is 11.5. The second kappa shape index (κ2) is 4.37. The van der Waals surface area contributed by atoms with E-state index in [0.717, 1.165) is 10.9 Å². The Morgan fingerprint density at radius 1 is 1.41 bits per heavy atom. The molecular weight excluding hydrogens is 232 g/mol. The second-order valence-corrected chi connectivity index (χ2v) is 3.68. The predicted molar refractivity (Wildman–Crippen MR) is 53.7 cm³/mol. The smallest absolute Gasteiger partial charge is 0.354 e. The maximum Gasteiger partial charge on any atom is 0.354 e. The molecule has 0 saturated carbocycles. The molecule has 1 saturated heterocycles. The van der Waals surface area contributed by atoms with E-state index in [1.54, 1.807) is 0 Å². The average molecular weight is 244 g/mol. The Hall–Kier alpha value is -1.55. The van der Waals surface area contributed by atoms with Crippen molar-refractivity contribution in [1.29, 1.82) is 0 Å². The van der Waals surface area contributed by atoms with Crippen LogP contribution in [0.5, 0.6) is 0 Å². The van der Waals surface area contributed by atoms with Crippen LogP contribution in [0.15, 0.2) is 11.1 Å². The predicted octanol–water partition coefficient (Wildman–Crippen LogP) is -3.17. The van der Waals surface area contributed by atoms with E-state index >= 15 is 0 Å². The van der Waals surface area contributed by atoms with Gasteiger partial charge in [-0.05, 0) is 0 Å². The maximum atomic E-state index is 11.5. The first-order valence-corrected chi connectivity index (χ1v) is 4.87. The molecule has 1 unspecified atom stereocenters. The molecule has 0 spiro atoms. The monoisotopic (exact) mass is 244 g/mol. The van der Waals surface area contributed by atoms with Gasteiger partial charge < -0.3 is 25.8 Å². The highest BCUT2D eigenvalue weighted by Crippen LogP contribution is 2.22. The molecule has 0 aromatic carbocycles. The number of aromatic nitrogens is 3. The van der Waals surface area contributed by atoms with E-state index in [1.165, 1.54) is 0 Å². The number of nitrogen functional groups attached to an aromatic ring is 1. The summed E-state index contributed by atoms with van der Waals surface area (Å²) in [5.41, 5.74) is 4.45. The lowest BCUT2D eigenvalue weighted by Crippen LogP contribution is -2.52. The minimum atomic E-state index is -1.45. The first-order valence-electron chi connectivity index (χ1n) is 4.87. The molecule has 4 atom stereocenters. The Bertz CT molecular complexity index is 463. The third-order valence-corrected chi connectivity index (χ3v) is 2.49. The molecule has 1 aliphatic rings. The number of nitrogens with two attached hydrogens (primary N) is 1. The molecule has 0 bridgehead atoms. The van der Waals surface area contributed by atoms with Gasteiger partial charge in [-0.1, -0.05) is 0 Å². The lowest BCUT2D eigenvalue weighted by Gasteiger charge is -2.35. The molecule has 1 fully saturated rings. The van der Waals surface area contributed by atoms with Gasteiger partial charge in [-0.2, -0.15) is 4.98 Å². The van der Waals surface area contributed by atoms with Crippen LogP contribution in [-0.4, -0.2) is 54.8 Å². The number of anilines is 1. The zero-order valence-corrected chi connectivity index (χ0v) is 8.67. The number of rotatable bonds is 1. The minimum absolute atomic E-state index is 0.197. The summed E-state index contributed by atoms with van der Waals surface area (Å²) in [6.07, 6.45) is -4.15. The fourth-order valence-corrected chi connectivity index (χ4v) is 1.57. The topological polar surface area (TPSA) is 144 Å². The summed E-state index contributed by atoms with van der Waals surface area (Å²) in [4.78, 5) is 18.4. The van der Waals surface area contributed by atoms with Gasteiger partial charge in [-0.25, -0.2) is 9.78 Å². The molecule has 0 radical (unpaired) electrons. The van der Waals surface area contributed by atoms with Crippen LogP contribution in [0, 0.1) is 0 Å². The van der Waals surface area contributed by atoms with E-state index in [-0.39, 0.29) is 12.6 Å². The number of aliphatic hydroxyl groups is 3. The van der Waals surface area contributed by atoms with Gasteiger partial charge in [0.15, 0.2) is 6.23 Å². The summed E-state index contributed by atoms with van der Waals surface area (Å²) in [6, 6.07) is 0. The van der Waals surface area contributed by atoms with Crippen molar-refractivity contribution in [1.82, 2.24) is 14.5 Å². The molecule has 94 valence electrons. The number of hydrogen-bond acceptors (Lipinski definition) is 8. The first kappa shape index (κ1) is 11.9. The second-order valence-electron chi connectivity index (χ2n) is 3.68. The summed E-state index contributed by atoms with van der Waals surface area (Å²) in [5, 5.41) is 28.4. The van der Waals surface area contributed by atoms with Gasteiger partial charge in [0.25, 0.3) is 0 Å². The number of nitrogens with zero attached hydrogens (tertiary/aromatic N) is 3. The Balaban J connectivity index is 2.31. The molecular formula is C8H12N4O5. The van der Waals surface area contributed by atoms with Crippen LogP contribution in [-0.2, 0) is 4.74 Å². The molecule has 9 nitrogen and oxygen atoms in total. The molecule has 1 aliphatic heterocycles. The molecule has 5 N–H and O–H groups in total. The lowest BCUT2D eigenvalue weighted by atomic mass is 10.0. The molecule has 17 heavy (non-hydrogen) atoms. The van der Waals surface area contributed by atoms with Crippen molar-refractivity contribution in [3.63, 3.8) is 0 Å². The molecule has 0 aliphatic carbocycles. The summed E-state index contributed by atoms with van der Waals surface area (Å²) in [5.74, 6) is -0.197. The van der Waals surface area contributed by atoms with Gasteiger partial charge in [0.2, 0.25) is 5.95 Å². The number of hydrogen-bond donors (Lipinski definition) is 4. The van der Waals surface area contributed by atoms with Gasteiger partial charge in [0.05, 0.1) is 6.61 Å². The summed E-state index contributed by atoms with van der Waals surface area (Å²) < 4.78 is 5.96. The van der Waals surface area contributed by atoms with Crippen molar-refractivity contribution < 1.29 is 20.1 Å². The summed E-state index contributed by atoms with van der Waals surface area (Å²) in [6.45, 7) is -0.209. The van der Waals surface area contributed by atoms with Gasteiger partial charge in [0.1, 0.15) is 24.6 Å². The highest BCUT2D eigenvalue weighted by Gasteiger charge is 2.39. The molecule has 2 heterocycles. The van der Waals surface area contributed by atoms with Crippen molar-refractivity contribution in [2.45, 2.75) is 24.5 Å². The van der Waals surface area contributed by atoms with Gasteiger partial charge in [-0.15, -0.1) is 0 Å². The zero-order valence-electron chi connectivity index (χ0n) is 8.67. The van der Waals surface area contributed by atoms with Gasteiger partial charge in [0, 0.05) is 0 Å². The standard InChI is InChI=1S/C8H12N4O5/c9-7-10-2-12(8(16)11-7)6-5(15)4(14)3(13)1-17-6/h2-6,13-15H,1H2,(H2,9,11,16)/t3-,4-,5+,6?/m1/s1. The normalized spacial score (nSPS) is 33.6. The highest BCUT2D eigenvalue weighted by atomic mass is 16.5. The van der Waals surface area contributed by atoms with Crippen LogP contribution in [0.25, 0.3) is 0 Å². The van der Waals surface area contributed by atoms with Crippen molar-refractivity contribution >= 4 is 5.95 Å². The lowest BCUT2D eigenvalue weighted by molar-refractivity contribution is -0.212. The quantitative estimate of drug-likeness (QED) is 0.405. The number of aliphatic hydroxyl groups excluding tert-OH is 3. The Morgan fingerprint density at radius 2 is 2.12 bits per heavy atom. The third-order valence-electron chi connectivity index (χ3n) is 2.49. The van der Waals surface area contributed by atoms with Crippen LogP contribution in [0.1, 0.15) is 6.23 Å². The molecule has 2 rings (SSSR count). The van der Waals surface area contributed by atoms with E-state index in [0.29, 0.717) is 0 Å². The van der Waals surface area contributed by atoms with E-state index in [4.69, 9.17) is 10.5 Å². The fourth-order valence-electron chi connectivity index (χ4n) is 1.57. The van der Waals surface area contributed by atoms with Crippen LogP contribution < -0.4 is 11.4 Å². The Kier molecular flexibility index (Phi) is 3.07. The van der Waals surface area contributed by atoms with E-state index in [1.807, 2.05) is 0 Å². The third kappa shape index (κ3) is 2.13. The zero-order chi connectivity index (χ0) is 12.6. The SMILES string of the molecule is Nc1ncn(C2OC[C@@H](O)[C@@H](O)[C@@H]2O)c(=O)n1. The average Bonchev–Trinajstić information content (AvgIpc) is 2.28. The molecule has 9 heteroatoms. The van der Waals surface area contributed by atoms with Crippen molar-refractivity contribution in [3.8, 4) is 0 Å². The van der Waals surface area contributed by atoms with Crippen LogP contribution in [0.3, 0.4) is 0 Å². The van der Waals surface area contributed by atoms with Crippen LogP contribution >= 0.6 is 0 Å². The Morgan fingerprint density at radius 3 is 2.76 bits per heavy atom. The Labute approximate surface area is 95.1 Å². The van der Waals surface area contributed by atoms with Crippen molar-refractivity contribution in [2.75, 3.05) is 12.3 Å². The van der Waals surface area contributed by atoms with Crippen molar-refractivity contribution in [2.24, 2.45) is 0 Å². The summed E-state index contributed by atoms with van der Waals surface area (Å²) >= 11 is 0. The molecule has 0 amide bonds. The summed E-state index contributed by atoms with van der Waals surface area (Å²) in [7, 11) is 0. The van der Waals surface area contributed by atoms with Crippen LogP contribution in [0.2, 0.25) is 0 Å². The molecule has 1 aromatic rings. The van der Waals surface area contributed by atoms with E-state index < -0.39 is 30.2 Å². The molecule has 1 aromatic heterocycles. The largest absolute Gasteiger partial charge is 0.388 e. The highest BCUT2D eigenvalue weighted by molar-refractivity contribution is 5.10.